The van der Waals surface area contributed by atoms with Crippen LogP contribution in [0.1, 0.15) is 5.56 Å². The van der Waals surface area contributed by atoms with Crippen LogP contribution in [0, 0.1) is 10.1 Å². The molecule has 8 nitrogen and oxygen atoms in total. The highest BCUT2D eigenvalue weighted by Crippen LogP contribution is 2.34. The fourth-order valence-electron chi connectivity index (χ4n) is 1.97. The van der Waals surface area contributed by atoms with Gasteiger partial charge in [0.1, 0.15) is 0 Å². The second-order valence-electron chi connectivity index (χ2n) is 4.51. The third-order valence-corrected chi connectivity index (χ3v) is 4.00. The summed E-state index contributed by atoms with van der Waals surface area (Å²) >= 11 is 0.793. The van der Waals surface area contributed by atoms with Gasteiger partial charge >= 0.3 is 5.69 Å². The van der Waals surface area contributed by atoms with Gasteiger partial charge in [0.2, 0.25) is 0 Å². The summed E-state index contributed by atoms with van der Waals surface area (Å²) in [7, 11) is 2.81. The molecular formula is C14H14N2O6S. The van der Waals surface area contributed by atoms with Crippen molar-refractivity contribution in [2.24, 2.45) is 0 Å². The van der Waals surface area contributed by atoms with E-state index >= 15 is 0 Å². The number of nitro groups is 1. The zero-order valence-electron chi connectivity index (χ0n) is 12.5. The number of hydrogen-bond acceptors (Lipinski definition) is 7. The Morgan fingerprint density at radius 2 is 2.09 bits per heavy atom. The molecule has 2 rings (SSSR count). The van der Waals surface area contributed by atoms with Crippen molar-refractivity contribution < 1.29 is 24.0 Å². The Kier molecular flexibility index (Phi) is 5.35. The van der Waals surface area contributed by atoms with E-state index < -0.39 is 10.8 Å². The van der Waals surface area contributed by atoms with Crippen molar-refractivity contribution in [3.8, 4) is 5.75 Å². The highest BCUT2D eigenvalue weighted by Gasteiger charge is 2.34. The normalized spacial score (nSPS) is 16.3. The number of hydrogen-bond donors (Lipinski definition) is 0. The Balaban J connectivity index is 2.28. The summed E-state index contributed by atoms with van der Waals surface area (Å²) in [6.07, 6.45) is 1.45. The number of carbonyl (C=O) groups excluding carboxylic acids is 2. The molecule has 1 aliphatic rings. The lowest BCUT2D eigenvalue weighted by molar-refractivity contribution is -0.385. The van der Waals surface area contributed by atoms with Crippen LogP contribution in [0.3, 0.4) is 0 Å². The number of rotatable bonds is 6. The van der Waals surface area contributed by atoms with E-state index in [1.807, 2.05) is 0 Å². The lowest BCUT2D eigenvalue weighted by atomic mass is 10.1. The van der Waals surface area contributed by atoms with Crippen LogP contribution in [-0.4, -0.2) is 48.3 Å². The molecule has 23 heavy (non-hydrogen) atoms. The van der Waals surface area contributed by atoms with Gasteiger partial charge in [0, 0.05) is 13.2 Å². The van der Waals surface area contributed by atoms with Crippen LogP contribution in [0.2, 0.25) is 0 Å². The van der Waals surface area contributed by atoms with Crippen molar-refractivity contribution in [3.05, 3.63) is 38.8 Å². The number of nitro benzene ring substituents is 1. The molecule has 2 amide bonds. The number of methoxy groups -OCH3 is 2. The minimum atomic E-state index is -0.569. The summed E-state index contributed by atoms with van der Waals surface area (Å²) in [5.74, 6) is -0.309. The monoisotopic (exact) mass is 338 g/mol. The zero-order chi connectivity index (χ0) is 17.0. The quantitative estimate of drug-likeness (QED) is 0.446. The van der Waals surface area contributed by atoms with E-state index in [1.165, 1.54) is 32.4 Å². The molecule has 1 heterocycles. The van der Waals surface area contributed by atoms with Crippen molar-refractivity contribution in [3.63, 3.8) is 0 Å². The summed E-state index contributed by atoms with van der Waals surface area (Å²) in [4.78, 5) is 35.7. The molecule has 0 aliphatic carbocycles. The van der Waals surface area contributed by atoms with E-state index in [9.17, 15) is 19.7 Å². The Morgan fingerprint density at radius 1 is 1.35 bits per heavy atom. The number of ether oxygens (including phenoxy) is 2. The van der Waals surface area contributed by atoms with Crippen LogP contribution < -0.4 is 4.74 Å². The minimum Gasteiger partial charge on any atom is -0.490 e. The lowest BCUT2D eigenvalue weighted by Crippen LogP contribution is -2.31. The first-order valence-corrected chi connectivity index (χ1v) is 7.36. The van der Waals surface area contributed by atoms with Crippen LogP contribution in [0.5, 0.6) is 5.75 Å². The molecule has 1 aliphatic heterocycles. The average molecular weight is 338 g/mol. The molecule has 0 atom stereocenters. The average Bonchev–Trinajstić information content (AvgIpc) is 2.79. The predicted molar refractivity (Wildman–Crippen MR) is 84.2 cm³/mol. The Hall–Kier alpha value is -2.39. The minimum absolute atomic E-state index is 0.125. The Morgan fingerprint density at radius 3 is 2.70 bits per heavy atom. The highest BCUT2D eigenvalue weighted by atomic mass is 32.2. The van der Waals surface area contributed by atoms with Gasteiger partial charge in [-0.2, -0.15) is 0 Å². The highest BCUT2D eigenvalue weighted by molar-refractivity contribution is 8.18. The van der Waals surface area contributed by atoms with Crippen LogP contribution >= 0.6 is 11.8 Å². The molecule has 0 radical (unpaired) electrons. The molecule has 0 aromatic heterocycles. The number of nitrogens with zero attached hydrogens (tertiary/aromatic N) is 2. The van der Waals surface area contributed by atoms with Crippen LogP contribution in [0.25, 0.3) is 6.08 Å². The number of thioether (sulfide) groups is 1. The summed E-state index contributed by atoms with van der Waals surface area (Å²) in [5.41, 5.74) is 0.231. The molecule has 0 unspecified atom stereocenters. The molecule has 1 aromatic carbocycles. The Bertz CT molecular complexity index is 688. The fraction of sp³-hybridized carbons (Fsp3) is 0.286. The van der Waals surface area contributed by atoms with Gasteiger partial charge in [-0.1, -0.05) is 6.07 Å². The third-order valence-electron chi connectivity index (χ3n) is 3.09. The molecule has 1 saturated heterocycles. The maximum absolute atomic E-state index is 12.2. The van der Waals surface area contributed by atoms with Gasteiger partial charge in [-0.3, -0.25) is 24.6 Å². The van der Waals surface area contributed by atoms with Crippen molar-refractivity contribution in [2.75, 3.05) is 27.4 Å². The van der Waals surface area contributed by atoms with E-state index in [0.29, 0.717) is 5.56 Å². The van der Waals surface area contributed by atoms with Crippen LogP contribution in [0.4, 0.5) is 10.5 Å². The van der Waals surface area contributed by atoms with Gasteiger partial charge < -0.3 is 9.47 Å². The van der Waals surface area contributed by atoms with E-state index in [-0.39, 0.29) is 34.7 Å². The predicted octanol–water partition coefficient (Wildman–Crippen LogP) is 2.29. The van der Waals surface area contributed by atoms with Crippen molar-refractivity contribution >= 4 is 34.7 Å². The second kappa shape index (κ2) is 7.25. The van der Waals surface area contributed by atoms with E-state index in [4.69, 9.17) is 9.47 Å². The molecule has 9 heteroatoms. The number of carbonyl (C=O) groups is 2. The van der Waals surface area contributed by atoms with Gasteiger partial charge in [0.05, 0.1) is 30.1 Å². The topological polar surface area (TPSA) is 99.0 Å². The summed E-state index contributed by atoms with van der Waals surface area (Å²) in [5, 5.41) is 10.6. The maximum atomic E-state index is 12.2. The number of imide groups is 1. The van der Waals surface area contributed by atoms with Gasteiger partial charge in [-0.25, -0.2) is 0 Å². The van der Waals surface area contributed by atoms with Gasteiger partial charge in [-0.05, 0) is 29.5 Å². The van der Waals surface area contributed by atoms with Gasteiger partial charge in [-0.15, -0.1) is 0 Å². The largest absolute Gasteiger partial charge is 0.490 e. The summed E-state index contributed by atoms with van der Waals surface area (Å²) in [6.45, 7) is 0.417. The van der Waals surface area contributed by atoms with Gasteiger partial charge in [0.25, 0.3) is 11.1 Å². The molecule has 122 valence electrons. The van der Waals surface area contributed by atoms with Crippen LogP contribution in [-0.2, 0) is 9.53 Å². The fourth-order valence-corrected chi connectivity index (χ4v) is 2.83. The maximum Gasteiger partial charge on any atom is 0.311 e. The number of benzene rings is 1. The summed E-state index contributed by atoms with van der Waals surface area (Å²) < 4.78 is 9.78. The first kappa shape index (κ1) is 17.0. The molecule has 1 aromatic rings. The van der Waals surface area contributed by atoms with E-state index in [0.717, 1.165) is 16.7 Å². The smallest absolute Gasteiger partial charge is 0.311 e. The first-order valence-electron chi connectivity index (χ1n) is 6.54. The molecule has 0 N–H and O–H groups in total. The standard InChI is InChI=1S/C14H14N2O6S/c1-21-6-5-15-13(17)12(23-14(15)18)8-9-3-4-11(22-2)10(7-9)16(19)20/h3-4,7-8H,5-6H2,1-2H3/b12-8+. The summed E-state index contributed by atoms with van der Waals surface area (Å²) in [6, 6.07) is 4.32. The molecule has 1 fully saturated rings. The molecule has 0 saturated carbocycles. The zero-order valence-corrected chi connectivity index (χ0v) is 13.3. The van der Waals surface area contributed by atoms with Crippen LogP contribution in [0.15, 0.2) is 23.1 Å². The van der Waals surface area contributed by atoms with E-state index in [1.54, 1.807) is 6.07 Å². The van der Waals surface area contributed by atoms with Gasteiger partial charge in [0.15, 0.2) is 5.75 Å². The SMILES string of the molecule is COCCN1C(=O)S/C(=C/c2ccc(OC)c([N+](=O)[O-])c2)C1=O. The van der Waals surface area contributed by atoms with Crippen molar-refractivity contribution in [1.29, 1.82) is 0 Å². The Labute approximate surface area is 136 Å². The first-order chi connectivity index (χ1) is 11.0. The number of amides is 2. The van der Waals surface area contributed by atoms with E-state index in [2.05, 4.69) is 0 Å². The van der Waals surface area contributed by atoms with Crippen molar-refractivity contribution in [1.82, 2.24) is 4.90 Å². The second-order valence-corrected chi connectivity index (χ2v) is 5.51. The third kappa shape index (κ3) is 3.69. The van der Waals surface area contributed by atoms with Crippen molar-refractivity contribution in [2.45, 2.75) is 0 Å². The molecular weight excluding hydrogens is 324 g/mol. The lowest BCUT2D eigenvalue weighted by Gasteiger charge is -2.10. The molecule has 0 bridgehead atoms. The molecule has 0 spiro atoms.